The summed E-state index contributed by atoms with van der Waals surface area (Å²) in [5.74, 6) is 0. The van der Waals surface area contributed by atoms with E-state index >= 15 is 0 Å². The standard InChI is InChI=1S/C21H25N5/c1-16-5-3-10-23-19(16)14-26(12-9-18-13-22-15-25-18)20-8-2-6-17-7-4-11-24-21(17)20/h3-5,7,10-11,13,15,20H,2,6,8-9,12,14H2,1H3,(H,22,25)/t20-/m0/s1. The zero-order valence-corrected chi connectivity index (χ0v) is 15.2. The fraction of sp³-hybridized carbons (Fsp3) is 0.381. The van der Waals surface area contributed by atoms with Crippen molar-refractivity contribution in [2.45, 2.75) is 45.2 Å². The van der Waals surface area contributed by atoms with Gasteiger partial charge in [0.2, 0.25) is 0 Å². The number of nitrogens with zero attached hydrogens (tertiary/aromatic N) is 4. The normalized spacial score (nSPS) is 16.6. The predicted molar refractivity (Wildman–Crippen MR) is 102 cm³/mol. The summed E-state index contributed by atoms with van der Waals surface area (Å²) in [7, 11) is 0. The monoisotopic (exact) mass is 347 g/mol. The Labute approximate surface area is 154 Å². The molecule has 26 heavy (non-hydrogen) atoms. The van der Waals surface area contributed by atoms with Gasteiger partial charge in [0, 0.05) is 43.8 Å². The second-order valence-corrected chi connectivity index (χ2v) is 7.02. The van der Waals surface area contributed by atoms with Gasteiger partial charge in [-0.1, -0.05) is 12.1 Å². The number of fused-ring (bicyclic) bond motifs is 1. The molecule has 1 atom stereocenters. The molecule has 0 radical (unpaired) electrons. The predicted octanol–water partition coefficient (Wildman–Crippen LogP) is 3.63. The zero-order chi connectivity index (χ0) is 17.8. The molecule has 0 aromatic carbocycles. The van der Waals surface area contributed by atoms with E-state index in [-0.39, 0.29) is 0 Å². The van der Waals surface area contributed by atoms with Crippen molar-refractivity contribution in [1.82, 2.24) is 24.8 Å². The van der Waals surface area contributed by atoms with Crippen LogP contribution in [0.5, 0.6) is 0 Å². The first kappa shape index (κ1) is 16.9. The van der Waals surface area contributed by atoms with Crippen molar-refractivity contribution in [3.8, 4) is 0 Å². The number of aromatic nitrogens is 4. The number of aryl methyl sites for hydroxylation is 2. The van der Waals surface area contributed by atoms with Gasteiger partial charge in [0.15, 0.2) is 0 Å². The quantitative estimate of drug-likeness (QED) is 0.740. The summed E-state index contributed by atoms with van der Waals surface area (Å²) < 4.78 is 0. The van der Waals surface area contributed by atoms with Crippen LogP contribution in [0.2, 0.25) is 0 Å². The molecule has 0 aliphatic heterocycles. The van der Waals surface area contributed by atoms with E-state index < -0.39 is 0 Å². The van der Waals surface area contributed by atoms with Crippen molar-refractivity contribution in [1.29, 1.82) is 0 Å². The van der Waals surface area contributed by atoms with Crippen LogP contribution < -0.4 is 0 Å². The van der Waals surface area contributed by atoms with Gasteiger partial charge in [0.05, 0.1) is 23.8 Å². The van der Waals surface area contributed by atoms with Crippen molar-refractivity contribution in [3.63, 3.8) is 0 Å². The molecule has 3 aromatic heterocycles. The maximum Gasteiger partial charge on any atom is 0.0921 e. The summed E-state index contributed by atoms with van der Waals surface area (Å²) in [5, 5.41) is 0. The highest BCUT2D eigenvalue weighted by atomic mass is 15.2. The SMILES string of the molecule is Cc1cccnc1CN(CCc1cnc[nH]1)[C@H]1CCCc2cccnc21. The molecule has 3 aromatic rings. The average molecular weight is 347 g/mol. The van der Waals surface area contributed by atoms with Gasteiger partial charge < -0.3 is 4.98 Å². The largest absolute Gasteiger partial charge is 0.348 e. The van der Waals surface area contributed by atoms with Crippen LogP contribution in [-0.2, 0) is 19.4 Å². The summed E-state index contributed by atoms with van der Waals surface area (Å²) in [6.07, 6.45) is 11.9. The summed E-state index contributed by atoms with van der Waals surface area (Å²) >= 11 is 0. The van der Waals surface area contributed by atoms with Crippen LogP contribution in [0.3, 0.4) is 0 Å². The first-order chi connectivity index (χ1) is 12.8. The van der Waals surface area contributed by atoms with Crippen LogP contribution in [-0.4, -0.2) is 31.4 Å². The van der Waals surface area contributed by atoms with Crippen molar-refractivity contribution in [2.24, 2.45) is 0 Å². The van der Waals surface area contributed by atoms with Crippen molar-refractivity contribution < 1.29 is 0 Å². The fourth-order valence-corrected chi connectivity index (χ4v) is 3.85. The minimum absolute atomic E-state index is 0.351. The third kappa shape index (κ3) is 3.68. The zero-order valence-electron chi connectivity index (χ0n) is 15.2. The van der Waals surface area contributed by atoms with Crippen LogP contribution >= 0.6 is 0 Å². The van der Waals surface area contributed by atoms with E-state index in [1.54, 1.807) is 6.33 Å². The molecule has 0 saturated heterocycles. The second kappa shape index (κ2) is 7.79. The molecule has 3 heterocycles. The van der Waals surface area contributed by atoms with Gasteiger partial charge in [-0.2, -0.15) is 0 Å². The molecule has 1 aliphatic rings. The molecular weight excluding hydrogens is 322 g/mol. The van der Waals surface area contributed by atoms with Crippen LogP contribution in [0.25, 0.3) is 0 Å². The van der Waals surface area contributed by atoms with Gasteiger partial charge in [-0.25, -0.2) is 4.98 Å². The van der Waals surface area contributed by atoms with E-state index in [2.05, 4.69) is 45.0 Å². The number of aromatic amines is 1. The fourth-order valence-electron chi connectivity index (χ4n) is 3.85. The molecule has 5 nitrogen and oxygen atoms in total. The van der Waals surface area contributed by atoms with E-state index in [1.165, 1.54) is 28.9 Å². The lowest BCUT2D eigenvalue weighted by molar-refractivity contribution is 0.165. The third-order valence-electron chi connectivity index (χ3n) is 5.30. The second-order valence-electron chi connectivity index (χ2n) is 7.02. The number of H-pyrrole nitrogens is 1. The van der Waals surface area contributed by atoms with Gasteiger partial charge >= 0.3 is 0 Å². The van der Waals surface area contributed by atoms with Gasteiger partial charge in [-0.3, -0.25) is 14.9 Å². The van der Waals surface area contributed by atoms with E-state index in [0.717, 1.165) is 38.0 Å². The molecule has 4 rings (SSSR count). The number of pyridine rings is 2. The molecule has 5 heteroatoms. The van der Waals surface area contributed by atoms with Gasteiger partial charge in [0.25, 0.3) is 0 Å². The molecule has 0 bridgehead atoms. The molecule has 1 aliphatic carbocycles. The van der Waals surface area contributed by atoms with Crippen LogP contribution in [0.1, 0.15) is 47.1 Å². The van der Waals surface area contributed by atoms with Crippen LogP contribution in [0, 0.1) is 6.92 Å². The number of nitrogens with one attached hydrogen (secondary N) is 1. The molecule has 134 valence electrons. The highest BCUT2D eigenvalue weighted by molar-refractivity contribution is 5.26. The minimum Gasteiger partial charge on any atom is -0.348 e. The van der Waals surface area contributed by atoms with Crippen molar-refractivity contribution in [2.75, 3.05) is 6.54 Å². The molecular formula is C21H25N5. The number of hydrogen-bond donors (Lipinski definition) is 1. The first-order valence-electron chi connectivity index (χ1n) is 9.37. The maximum absolute atomic E-state index is 4.75. The Hall–Kier alpha value is -2.53. The Morgan fingerprint density at radius 2 is 2.08 bits per heavy atom. The Kier molecular flexibility index (Phi) is 5.07. The lowest BCUT2D eigenvalue weighted by atomic mass is 9.90. The van der Waals surface area contributed by atoms with Gasteiger partial charge in [0.1, 0.15) is 0 Å². The van der Waals surface area contributed by atoms with Crippen molar-refractivity contribution >= 4 is 0 Å². The lowest BCUT2D eigenvalue weighted by Gasteiger charge is -2.35. The highest BCUT2D eigenvalue weighted by Crippen LogP contribution is 2.33. The average Bonchev–Trinajstić information content (AvgIpc) is 3.20. The van der Waals surface area contributed by atoms with E-state index in [0.29, 0.717) is 6.04 Å². The lowest BCUT2D eigenvalue weighted by Crippen LogP contribution is -2.34. The molecule has 0 saturated carbocycles. The third-order valence-corrected chi connectivity index (χ3v) is 5.30. The smallest absolute Gasteiger partial charge is 0.0921 e. The Morgan fingerprint density at radius 1 is 1.19 bits per heavy atom. The number of rotatable bonds is 6. The number of imidazole rings is 1. The minimum atomic E-state index is 0.351. The molecule has 0 amide bonds. The van der Waals surface area contributed by atoms with Crippen molar-refractivity contribution in [3.05, 3.63) is 77.4 Å². The van der Waals surface area contributed by atoms with E-state index in [1.807, 2.05) is 24.7 Å². The Balaban J connectivity index is 1.61. The highest BCUT2D eigenvalue weighted by Gasteiger charge is 2.27. The molecule has 0 spiro atoms. The van der Waals surface area contributed by atoms with E-state index in [4.69, 9.17) is 4.98 Å². The molecule has 0 unspecified atom stereocenters. The first-order valence-corrected chi connectivity index (χ1v) is 9.37. The summed E-state index contributed by atoms with van der Waals surface area (Å²) in [4.78, 5) is 19.3. The van der Waals surface area contributed by atoms with Crippen LogP contribution in [0.4, 0.5) is 0 Å². The molecule has 1 N–H and O–H groups in total. The Bertz CT molecular complexity index is 843. The van der Waals surface area contributed by atoms with Gasteiger partial charge in [-0.05, 0) is 49.4 Å². The molecule has 0 fully saturated rings. The van der Waals surface area contributed by atoms with Crippen LogP contribution in [0.15, 0.2) is 49.2 Å². The summed E-state index contributed by atoms with van der Waals surface area (Å²) in [6, 6.07) is 8.78. The number of hydrogen-bond acceptors (Lipinski definition) is 4. The van der Waals surface area contributed by atoms with E-state index in [9.17, 15) is 0 Å². The maximum atomic E-state index is 4.75. The topological polar surface area (TPSA) is 57.7 Å². The van der Waals surface area contributed by atoms with Gasteiger partial charge in [-0.15, -0.1) is 0 Å². The Morgan fingerprint density at radius 3 is 2.92 bits per heavy atom. The summed E-state index contributed by atoms with van der Waals surface area (Å²) in [5.41, 5.74) is 6.21. The summed E-state index contributed by atoms with van der Waals surface area (Å²) in [6.45, 7) is 3.95.